The summed E-state index contributed by atoms with van der Waals surface area (Å²) in [5, 5.41) is 19.8. The lowest BCUT2D eigenvalue weighted by atomic mass is 9.90. The average molecular weight is 532 g/mol. The topological polar surface area (TPSA) is 129 Å². The number of piperazine rings is 2. The summed E-state index contributed by atoms with van der Waals surface area (Å²) in [5.41, 5.74) is 1.81. The first kappa shape index (κ1) is 25.3. The number of oxime groups is 1. The van der Waals surface area contributed by atoms with Gasteiger partial charge in [0.05, 0.1) is 29.4 Å². The molecule has 12 heteroatoms. The molecule has 0 saturated carbocycles. The largest absolute Gasteiger partial charge is 0.368 e. The smallest absolute Gasteiger partial charge is 0.297 e. The predicted octanol–water partition coefficient (Wildman–Crippen LogP) is 0.922. The second-order valence-corrected chi connectivity index (χ2v) is 9.95. The first-order valence-corrected chi connectivity index (χ1v) is 13.5. The molecule has 3 aliphatic heterocycles. The maximum absolute atomic E-state index is 14.0. The van der Waals surface area contributed by atoms with Crippen LogP contribution in [0.25, 0.3) is 11.0 Å². The molecule has 12 nitrogen and oxygen atoms in total. The number of amides is 2. The molecule has 3 N–H and O–H groups in total. The summed E-state index contributed by atoms with van der Waals surface area (Å²) >= 11 is 0. The minimum absolute atomic E-state index is 0.0249. The van der Waals surface area contributed by atoms with Gasteiger partial charge < -0.3 is 30.6 Å². The molecule has 1 aromatic carbocycles. The minimum atomic E-state index is -1.74. The molecule has 2 saturated heterocycles. The number of para-hydroxylation sites is 1. The van der Waals surface area contributed by atoms with Crippen LogP contribution in [0.5, 0.6) is 0 Å². The summed E-state index contributed by atoms with van der Waals surface area (Å²) in [6, 6.07) is 9.81. The summed E-state index contributed by atoms with van der Waals surface area (Å²) in [4.78, 5) is 42.1. The Labute approximate surface area is 226 Å². The molecule has 2 amide bonds. The van der Waals surface area contributed by atoms with Gasteiger partial charge in [0.2, 0.25) is 0 Å². The second-order valence-electron chi connectivity index (χ2n) is 9.95. The highest BCUT2D eigenvalue weighted by atomic mass is 16.7. The molecule has 2 aromatic heterocycles. The number of anilines is 2. The maximum atomic E-state index is 14.0. The molecule has 0 unspecified atom stereocenters. The Hall–Kier alpha value is -4.03. The van der Waals surface area contributed by atoms with Crippen molar-refractivity contribution in [1.29, 1.82) is 0 Å². The third kappa shape index (κ3) is 4.59. The molecule has 0 atom stereocenters. The number of aromatic nitrogens is 3. The fourth-order valence-corrected chi connectivity index (χ4v) is 5.42. The standard InChI is InChI=1S/C27H33N9O3/c1-2-36-24-21(18-31-36)23(32-19-6-4-3-5-7-19)20(17-30-24)22-16-27(39-33-22,25(37)34-12-8-28-9-13-34)26(38)35-14-10-29-11-15-35/h3-7,17-18,28-29H,2,8-16H2,1H3,(H,30,32). The average Bonchev–Trinajstić information content (AvgIpc) is 3.64. The van der Waals surface area contributed by atoms with Crippen molar-refractivity contribution in [2.24, 2.45) is 5.16 Å². The quantitative estimate of drug-likeness (QED) is 0.401. The van der Waals surface area contributed by atoms with Crippen LogP contribution >= 0.6 is 0 Å². The Morgan fingerprint density at radius 2 is 1.62 bits per heavy atom. The van der Waals surface area contributed by atoms with E-state index in [4.69, 9.17) is 9.82 Å². The van der Waals surface area contributed by atoms with Crippen molar-refractivity contribution >= 4 is 39.9 Å². The number of aryl methyl sites for hydroxylation is 1. The molecule has 0 spiro atoms. The van der Waals surface area contributed by atoms with Crippen LogP contribution in [-0.2, 0) is 21.0 Å². The molecule has 3 aliphatic rings. The van der Waals surface area contributed by atoms with Crippen LogP contribution in [0.1, 0.15) is 18.9 Å². The van der Waals surface area contributed by atoms with Gasteiger partial charge in [-0.25, -0.2) is 9.67 Å². The van der Waals surface area contributed by atoms with Crippen molar-refractivity contribution in [3.63, 3.8) is 0 Å². The number of rotatable bonds is 6. The van der Waals surface area contributed by atoms with E-state index >= 15 is 0 Å². The molecule has 5 heterocycles. The number of nitrogens with zero attached hydrogens (tertiary/aromatic N) is 6. The van der Waals surface area contributed by atoms with Gasteiger partial charge in [0.15, 0.2) is 5.65 Å². The van der Waals surface area contributed by atoms with E-state index in [1.807, 2.05) is 41.9 Å². The molecule has 0 radical (unpaired) electrons. The van der Waals surface area contributed by atoms with Crippen LogP contribution in [0.3, 0.4) is 0 Å². The summed E-state index contributed by atoms with van der Waals surface area (Å²) in [6.45, 7) is 7.42. The third-order valence-corrected chi connectivity index (χ3v) is 7.55. The van der Waals surface area contributed by atoms with Gasteiger partial charge in [0, 0.05) is 76.4 Å². The second kappa shape index (κ2) is 10.6. The Morgan fingerprint density at radius 3 is 2.23 bits per heavy atom. The van der Waals surface area contributed by atoms with Crippen molar-refractivity contribution in [2.75, 3.05) is 57.7 Å². The highest BCUT2D eigenvalue weighted by Crippen LogP contribution is 2.36. The van der Waals surface area contributed by atoms with Crippen LogP contribution in [0.2, 0.25) is 0 Å². The van der Waals surface area contributed by atoms with E-state index < -0.39 is 5.60 Å². The zero-order valence-electron chi connectivity index (χ0n) is 22.0. The highest BCUT2D eigenvalue weighted by Gasteiger charge is 2.57. The van der Waals surface area contributed by atoms with Gasteiger partial charge in [0.25, 0.3) is 17.4 Å². The van der Waals surface area contributed by atoms with Crippen molar-refractivity contribution < 1.29 is 14.4 Å². The Kier molecular flexibility index (Phi) is 6.88. The highest BCUT2D eigenvalue weighted by molar-refractivity contribution is 6.19. The molecular formula is C27H33N9O3. The Balaban J connectivity index is 1.39. The number of nitrogens with one attached hydrogen (secondary N) is 3. The van der Waals surface area contributed by atoms with Crippen LogP contribution in [0.15, 0.2) is 47.9 Å². The van der Waals surface area contributed by atoms with E-state index in [-0.39, 0.29) is 18.2 Å². The maximum Gasteiger partial charge on any atom is 0.297 e. The number of pyridine rings is 1. The van der Waals surface area contributed by atoms with Gasteiger partial charge >= 0.3 is 0 Å². The molecule has 3 aromatic rings. The summed E-state index contributed by atoms with van der Waals surface area (Å²) < 4.78 is 1.83. The first-order chi connectivity index (χ1) is 19.1. The zero-order valence-corrected chi connectivity index (χ0v) is 22.0. The number of benzene rings is 1. The van der Waals surface area contributed by atoms with Gasteiger partial charge in [-0.05, 0) is 19.1 Å². The minimum Gasteiger partial charge on any atom is -0.368 e. The Bertz CT molecular complexity index is 1360. The fraction of sp³-hybridized carbons (Fsp3) is 0.444. The number of hydrogen-bond donors (Lipinski definition) is 3. The molecule has 6 rings (SSSR count). The molecule has 39 heavy (non-hydrogen) atoms. The molecule has 0 bridgehead atoms. The lowest BCUT2D eigenvalue weighted by molar-refractivity contribution is -0.172. The van der Waals surface area contributed by atoms with Gasteiger partial charge in [-0.2, -0.15) is 5.10 Å². The van der Waals surface area contributed by atoms with Gasteiger partial charge in [-0.15, -0.1) is 0 Å². The lowest BCUT2D eigenvalue weighted by Gasteiger charge is -2.37. The van der Waals surface area contributed by atoms with Crippen LogP contribution in [-0.4, -0.2) is 100 Å². The third-order valence-electron chi connectivity index (χ3n) is 7.55. The number of hydrogen-bond acceptors (Lipinski definition) is 9. The number of carbonyl (C=O) groups excluding carboxylic acids is 2. The van der Waals surface area contributed by atoms with E-state index in [1.165, 1.54) is 0 Å². The molecule has 0 aliphatic carbocycles. The number of carbonyl (C=O) groups is 2. The van der Waals surface area contributed by atoms with Crippen molar-refractivity contribution in [3.8, 4) is 0 Å². The van der Waals surface area contributed by atoms with E-state index in [1.54, 1.807) is 22.2 Å². The van der Waals surface area contributed by atoms with Crippen molar-refractivity contribution in [3.05, 3.63) is 48.3 Å². The predicted molar refractivity (Wildman–Crippen MR) is 147 cm³/mol. The van der Waals surface area contributed by atoms with Crippen molar-refractivity contribution in [2.45, 2.75) is 25.5 Å². The van der Waals surface area contributed by atoms with E-state index in [2.05, 4.69) is 26.2 Å². The molecule has 204 valence electrons. The van der Waals surface area contributed by atoms with Gasteiger partial charge in [0.1, 0.15) is 0 Å². The molecule has 2 fully saturated rings. The summed E-state index contributed by atoms with van der Waals surface area (Å²) in [7, 11) is 0. The van der Waals surface area contributed by atoms with E-state index in [0.29, 0.717) is 70.2 Å². The SMILES string of the molecule is CCn1ncc2c(Nc3ccccc3)c(C3=NOC(C(=O)N4CCNCC4)(C(=O)N4CCNCC4)C3)cnc21. The van der Waals surface area contributed by atoms with Crippen LogP contribution < -0.4 is 16.0 Å². The Morgan fingerprint density at radius 1 is 0.974 bits per heavy atom. The zero-order chi connectivity index (χ0) is 26.8. The van der Waals surface area contributed by atoms with Gasteiger partial charge in [-0.1, -0.05) is 23.4 Å². The summed E-state index contributed by atoms with van der Waals surface area (Å²) in [5.74, 6) is -0.673. The fourth-order valence-electron chi connectivity index (χ4n) is 5.42. The first-order valence-electron chi connectivity index (χ1n) is 13.5. The normalized spacial score (nSPS) is 19.1. The molecular weight excluding hydrogens is 498 g/mol. The van der Waals surface area contributed by atoms with Crippen molar-refractivity contribution in [1.82, 2.24) is 35.2 Å². The summed E-state index contributed by atoms with van der Waals surface area (Å²) in [6.07, 6.45) is 3.53. The van der Waals surface area contributed by atoms with Gasteiger partial charge in [-0.3, -0.25) is 9.59 Å². The van der Waals surface area contributed by atoms with Crippen LogP contribution in [0, 0.1) is 0 Å². The monoisotopic (exact) mass is 531 g/mol. The lowest BCUT2D eigenvalue weighted by Crippen LogP contribution is -2.63. The van der Waals surface area contributed by atoms with Crippen LogP contribution in [0.4, 0.5) is 11.4 Å². The number of fused-ring (bicyclic) bond motifs is 1. The van der Waals surface area contributed by atoms with E-state index in [9.17, 15) is 9.59 Å². The van der Waals surface area contributed by atoms with E-state index in [0.717, 1.165) is 22.4 Å².